The standard InChI is InChI=1S/C18H22.I2/c1-11-7-13(3)17(14(4)8-11)18-15(5)9-12(2)10-16(18)6;1-2/h7-10H,1-6H3;. The molecule has 0 unspecified atom stereocenters. The van der Waals surface area contributed by atoms with Crippen LogP contribution in [-0.2, 0) is 0 Å². The smallest absolute Gasteiger partial charge is 0 e. The topological polar surface area (TPSA) is 0 Å². The maximum Gasteiger partial charge on any atom is 0 e. The Morgan fingerprint density at radius 2 is 0.700 bits per heavy atom. The van der Waals surface area contributed by atoms with Crippen molar-refractivity contribution >= 4 is 37.2 Å². The molecule has 2 aromatic carbocycles. The van der Waals surface area contributed by atoms with Gasteiger partial charge in [-0.25, -0.2) is 0 Å². The van der Waals surface area contributed by atoms with E-state index in [1.54, 1.807) is 0 Å². The van der Waals surface area contributed by atoms with E-state index < -0.39 is 0 Å². The first-order valence-electron chi connectivity index (χ1n) is 6.70. The van der Waals surface area contributed by atoms with Crippen molar-refractivity contribution in [2.45, 2.75) is 41.5 Å². The Morgan fingerprint density at radius 3 is 0.900 bits per heavy atom. The molecule has 0 atom stereocenters. The number of hydrogen-bond donors (Lipinski definition) is 0. The molecular formula is C18H22I2. The lowest BCUT2D eigenvalue weighted by Gasteiger charge is -2.17. The van der Waals surface area contributed by atoms with E-state index in [1.165, 1.54) is 44.5 Å². The predicted molar refractivity (Wildman–Crippen MR) is 108 cm³/mol. The van der Waals surface area contributed by atoms with Crippen LogP contribution in [0.5, 0.6) is 0 Å². The lowest BCUT2D eigenvalue weighted by molar-refractivity contribution is 1.27. The van der Waals surface area contributed by atoms with Crippen LogP contribution in [0.1, 0.15) is 33.4 Å². The molecule has 108 valence electrons. The molecule has 0 bridgehead atoms. The van der Waals surface area contributed by atoms with Gasteiger partial charge in [0, 0.05) is 37.2 Å². The van der Waals surface area contributed by atoms with Crippen LogP contribution in [0.3, 0.4) is 0 Å². The van der Waals surface area contributed by atoms with E-state index in [0.29, 0.717) is 0 Å². The van der Waals surface area contributed by atoms with Gasteiger partial charge >= 0.3 is 0 Å². The Labute approximate surface area is 146 Å². The summed E-state index contributed by atoms with van der Waals surface area (Å²) in [5, 5.41) is 0. The second-order valence-electron chi connectivity index (χ2n) is 5.55. The van der Waals surface area contributed by atoms with Crippen molar-refractivity contribution in [3.8, 4) is 11.1 Å². The van der Waals surface area contributed by atoms with E-state index in [1.807, 2.05) is 0 Å². The molecule has 0 N–H and O–H groups in total. The first-order chi connectivity index (χ1) is 9.40. The summed E-state index contributed by atoms with van der Waals surface area (Å²) >= 11 is 4.24. The summed E-state index contributed by atoms with van der Waals surface area (Å²) < 4.78 is 0. The fourth-order valence-electron chi connectivity index (χ4n) is 3.15. The van der Waals surface area contributed by atoms with Gasteiger partial charge in [0.15, 0.2) is 0 Å². The Morgan fingerprint density at radius 1 is 0.500 bits per heavy atom. The van der Waals surface area contributed by atoms with E-state index in [0.717, 1.165) is 0 Å². The van der Waals surface area contributed by atoms with Gasteiger partial charge in [0.2, 0.25) is 0 Å². The van der Waals surface area contributed by atoms with Crippen LogP contribution in [-0.4, -0.2) is 0 Å². The van der Waals surface area contributed by atoms with Gasteiger partial charge in [-0.1, -0.05) is 35.4 Å². The maximum absolute atomic E-state index is 2.28. The van der Waals surface area contributed by atoms with Crippen molar-refractivity contribution in [2.24, 2.45) is 0 Å². The molecule has 20 heavy (non-hydrogen) atoms. The fourth-order valence-corrected chi connectivity index (χ4v) is 3.15. The van der Waals surface area contributed by atoms with E-state index in [-0.39, 0.29) is 0 Å². The van der Waals surface area contributed by atoms with E-state index in [2.05, 4.69) is 103 Å². The van der Waals surface area contributed by atoms with Gasteiger partial charge in [-0.05, 0) is 74.9 Å². The average molecular weight is 492 g/mol. The van der Waals surface area contributed by atoms with Crippen molar-refractivity contribution in [1.82, 2.24) is 0 Å². The molecule has 0 nitrogen and oxygen atoms in total. The summed E-state index contributed by atoms with van der Waals surface area (Å²) in [5.74, 6) is 0. The Balaban J connectivity index is 0.000000956. The van der Waals surface area contributed by atoms with Crippen molar-refractivity contribution in [3.63, 3.8) is 0 Å². The molecule has 0 heterocycles. The highest BCUT2D eigenvalue weighted by Gasteiger charge is 2.12. The average Bonchev–Trinajstić information content (AvgIpc) is 2.33. The summed E-state index contributed by atoms with van der Waals surface area (Å²) in [6.45, 7) is 13.2. The van der Waals surface area contributed by atoms with Crippen LogP contribution in [0, 0.1) is 41.5 Å². The highest BCUT2D eigenvalue weighted by atomic mass is 128. The Bertz CT molecular complexity index is 511. The molecule has 2 aromatic rings. The highest BCUT2D eigenvalue weighted by Crippen LogP contribution is 2.34. The molecule has 2 heteroatoms. The monoisotopic (exact) mass is 492 g/mol. The maximum atomic E-state index is 2.28. The lowest BCUT2D eigenvalue weighted by Crippen LogP contribution is -1.96. The minimum absolute atomic E-state index is 1.34. The molecule has 0 radical (unpaired) electrons. The van der Waals surface area contributed by atoms with Crippen molar-refractivity contribution < 1.29 is 0 Å². The number of aryl methyl sites for hydroxylation is 6. The summed E-state index contributed by atoms with van der Waals surface area (Å²) in [4.78, 5) is 0. The summed E-state index contributed by atoms with van der Waals surface area (Å²) in [7, 11) is 0. The zero-order valence-corrected chi connectivity index (χ0v) is 17.4. The van der Waals surface area contributed by atoms with Crippen LogP contribution in [0.25, 0.3) is 11.1 Å². The molecule has 0 fully saturated rings. The molecule has 0 saturated heterocycles. The van der Waals surface area contributed by atoms with Gasteiger partial charge in [-0.3, -0.25) is 0 Å². The summed E-state index contributed by atoms with van der Waals surface area (Å²) in [5.41, 5.74) is 11.0. The third-order valence-electron chi connectivity index (χ3n) is 3.60. The first-order valence-corrected chi connectivity index (χ1v) is 13.0. The minimum Gasteiger partial charge on any atom is -0.0557 e. The normalized spacial score (nSPS) is 10.0. The van der Waals surface area contributed by atoms with Crippen LogP contribution in [0.15, 0.2) is 24.3 Å². The van der Waals surface area contributed by atoms with Crippen LogP contribution in [0.4, 0.5) is 0 Å². The highest BCUT2D eigenvalue weighted by molar-refractivity contribution is 15.0. The van der Waals surface area contributed by atoms with Crippen molar-refractivity contribution in [3.05, 3.63) is 57.6 Å². The van der Waals surface area contributed by atoms with Gasteiger partial charge in [0.25, 0.3) is 0 Å². The van der Waals surface area contributed by atoms with Gasteiger partial charge in [-0.15, -0.1) is 0 Å². The number of halogens is 2. The molecule has 0 saturated carbocycles. The van der Waals surface area contributed by atoms with E-state index >= 15 is 0 Å². The third kappa shape index (κ3) is 3.97. The summed E-state index contributed by atoms with van der Waals surface area (Å²) in [6.07, 6.45) is 0. The van der Waals surface area contributed by atoms with Gasteiger partial charge in [-0.2, -0.15) is 0 Å². The Hall–Kier alpha value is -0.1000. The minimum atomic E-state index is 1.34. The van der Waals surface area contributed by atoms with Crippen LogP contribution in [0.2, 0.25) is 0 Å². The van der Waals surface area contributed by atoms with Gasteiger partial charge in [0.1, 0.15) is 0 Å². The third-order valence-corrected chi connectivity index (χ3v) is 3.60. The van der Waals surface area contributed by atoms with Crippen molar-refractivity contribution in [2.75, 3.05) is 0 Å². The molecule has 0 amide bonds. The zero-order valence-electron chi connectivity index (χ0n) is 13.1. The van der Waals surface area contributed by atoms with Crippen molar-refractivity contribution in [1.29, 1.82) is 0 Å². The van der Waals surface area contributed by atoms with E-state index in [9.17, 15) is 0 Å². The second-order valence-corrected chi connectivity index (χ2v) is 5.55. The van der Waals surface area contributed by atoms with Gasteiger partial charge in [0.05, 0.1) is 0 Å². The number of hydrogen-bond acceptors (Lipinski definition) is 0. The first kappa shape index (κ1) is 18.0. The van der Waals surface area contributed by atoms with E-state index in [4.69, 9.17) is 0 Å². The quantitative estimate of drug-likeness (QED) is 0.377. The molecule has 0 aliphatic rings. The molecule has 0 spiro atoms. The van der Waals surface area contributed by atoms with Crippen LogP contribution < -0.4 is 0 Å². The largest absolute Gasteiger partial charge is 0.0557 e. The lowest BCUT2D eigenvalue weighted by atomic mass is 9.87. The summed E-state index contributed by atoms with van der Waals surface area (Å²) in [6, 6.07) is 9.12. The molecule has 0 aliphatic carbocycles. The predicted octanol–water partition coefficient (Wildman–Crippen LogP) is 6.98. The number of benzene rings is 2. The molecule has 0 aromatic heterocycles. The molecular weight excluding hydrogens is 470 g/mol. The fraction of sp³-hybridized carbons (Fsp3) is 0.333. The second kappa shape index (κ2) is 7.78. The Kier molecular flexibility index (Phi) is 6.98. The number of rotatable bonds is 1. The molecule has 2 rings (SSSR count). The van der Waals surface area contributed by atoms with Gasteiger partial charge < -0.3 is 0 Å². The SMILES string of the molecule is Cc1cc(C)c(-c2c(C)cc(C)cc2C)c(C)c1.II. The zero-order chi connectivity index (χ0) is 15.4. The molecule has 0 aliphatic heterocycles. The van der Waals surface area contributed by atoms with Crippen LogP contribution >= 0.6 is 37.2 Å².